The maximum atomic E-state index is 10.7. The van der Waals surface area contributed by atoms with Crippen molar-refractivity contribution in [3.63, 3.8) is 0 Å². The van der Waals surface area contributed by atoms with Crippen molar-refractivity contribution in [3.05, 3.63) is 54.2 Å². The van der Waals surface area contributed by atoms with Crippen LogP contribution in [-0.4, -0.2) is 60.4 Å². The van der Waals surface area contributed by atoms with E-state index in [1.54, 1.807) is 0 Å². The zero-order valence-corrected chi connectivity index (χ0v) is 24.1. The van der Waals surface area contributed by atoms with Crippen LogP contribution in [0.25, 0.3) is 11.3 Å². The third kappa shape index (κ3) is 17.0. The first-order valence-corrected chi connectivity index (χ1v) is 13.3. The molecule has 0 fully saturated rings. The summed E-state index contributed by atoms with van der Waals surface area (Å²) in [5.74, 6) is 0.544. The molecule has 1 aromatic heterocycles. The number of hydrogen-bond acceptors (Lipinski definition) is 10. The number of alkyl halides is 9. The minimum Gasteiger partial charge on any atom is -0.741 e. The molecular weight excluding hydrogens is 822 g/mol. The molecule has 0 unspecified atom stereocenters. The van der Waals surface area contributed by atoms with Crippen molar-refractivity contribution in [2.24, 2.45) is 0 Å². The first kappa shape index (κ1) is 42.6. The molecule has 0 amide bonds. The maximum Gasteiger partial charge on any atom is 3.00 e. The Bertz CT molecular complexity index is 1250. The van der Waals surface area contributed by atoms with Gasteiger partial charge in [0.25, 0.3) is 0 Å². The largest absolute Gasteiger partial charge is 3.00 e. The monoisotopic (exact) mass is 837 g/mol. The maximum absolute atomic E-state index is 10.7. The molecule has 2 aromatic rings. The normalized spacial score (nSPS) is 12.4. The van der Waals surface area contributed by atoms with Gasteiger partial charge >= 0.3 is 36.6 Å². The molecule has 0 saturated heterocycles. The Balaban J connectivity index is -0.000000480. The average Bonchev–Trinajstić information content (AvgIpc) is 2.71. The van der Waals surface area contributed by atoms with Crippen molar-refractivity contribution in [1.29, 1.82) is 0 Å². The predicted molar refractivity (Wildman–Crippen MR) is 111 cm³/mol. The smallest absolute Gasteiger partial charge is 0.741 e. The van der Waals surface area contributed by atoms with Crippen LogP contribution in [0.4, 0.5) is 39.5 Å². The van der Waals surface area contributed by atoms with Crippen molar-refractivity contribution < 1.29 is 98.5 Å². The molecule has 0 N–H and O–H groups in total. The minimum absolute atomic E-state index is 0. The molecular formula is C17H15F9IrNO9S3. The fraction of sp³-hybridized carbons (Fsp3) is 0.353. The average molecular weight is 837 g/mol. The van der Waals surface area contributed by atoms with Crippen molar-refractivity contribution in [2.75, 3.05) is 0 Å². The zero-order chi connectivity index (χ0) is 31.7. The summed E-state index contributed by atoms with van der Waals surface area (Å²) >= 11 is 0. The van der Waals surface area contributed by atoms with Crippen LogP contribution in [0.1, 0.15) is 25.3 Å². The van der Waals surface area contributed by atoms with Crippen LogP contribution in [0.15, 0.2) is 48.7 Å². The summed E-state index contributed by atoms with van der Waals surface area (Å²) in [7, 11) is -18.3. The summed E-state index contributed by atoms with van der Waals surface area (Å²) in [6.07, 6.45) is 1.97. The topological polar surface area (TPSA) is 184 Å². The summed E-state index contributed by atoms with van der Waals surface area (Å²) in [5.41, 5.74) is -13.4. The first-order valence-electron chi connectivity index (χ1n) is 9.10. The van der Waals surface area contributed by atoms with Gasteiger partial charge in [-0.25, -0.2) is 25.3 Å². The molecule has 0 saturated carbocycles. The minimum atomic E-state index is -6.09. The number of pyridine rings is 1. The van der Waals surface area contributed by atoms with E-state index in [4.69, 9.17) is 38.9 Å². The summed E-state index contributed by atoms with van der Waals surface area (Å²) in [4.78, 5) is 4.47. The van der Waals surface area contributed by atoms with Gasteiger partial charge in [-0.1, -0.05) is 50.2 Å². The number of benzene rings is 1. The molecule has 232 valence electrons. The van der Waals surface area contributed by atoms with Gasteiger partial charge in [-0.15, -0.1) is 0 Å². The Morgan fingerprint density at radius 2 is 0.925 bits per heavy atom. The molecule has 0 atom stereocenters. The summed E-state index contributed by atoms with van der Waals surface area (Å²) < 4.78 is 177. The Hall–Kier alpha value is -1.88. The van der Waals surface area contributed by atoms with Gasteiger partial charge < -0.3 is 13.7 Å². The van der Waals surface area contributed by atoms with Crippen molar-refractivity contribution >= 4 is 30.4 Å². The van der Waals surface area contributed by atoms with Crippen LogP contribution in [0.2, 0.25) is 0 Å². The molecule has 0 bridgehead atoms. The van der Waals surface area contributed by atoms with Gasteiger partial charge in [0.05, 0.1) is 5.69 Å². The molecule has 23 heteroatoms. The molecule has 10 nitrogen and oxygen atoms in total. The van der Waals surface area contributed by atoms with Gasteiger partial charge in [-0.3, -0.25) is 4.98 Å². The van der Waals surface area contributed by atoms with Gasteiger partial charge in [-0.2, -0.15) is 39.5 Å². The number of hydrogen-bond donors (Lipinski definition) is 0. The fourth-order valence-electron chi connectivity index (χ4n) is 1.53. The Kier molecular flexibility index (Phi) is 17.0. The number of nitrogens with zero attached hydrogens (tertiary/aromatic N) is 1. The molecule has 1 aromatic carbocycles. The van der Waals surface area contributed by atoms with Crippen LogP contribution in [0.5, 0.6) is 0 Å². The zero-order valence-electron chi connectivity index (χ0n) is 19.3. The third-order valence-corrected chi connectivity index (χ3v) is 5.07. The van der Waals surface area contributed by atoms with Crippen LogP contribution < -0.4 is 0 Å². The molecule has 40 heavy (non-hydrogen) atoms. The van der Waals surface area contributed by atoms with Crippen molar-refractivity contribution in [2.45, 2.75) is 36.3 Å². The molecule has 0 aliphatic carbocycles. The second kappa shape index (κ2) is 15.9. The van der Waals surface area contributed by atoms with E-state index in [9.17, 15) is 39.5 Å². The van der Waals surface area contributed by atoms with E-state index >= 15 is 0 Å². The van der Waals surface area contributed by atoms with Gasteiger partial charge in [0, 0.05) is 11.8 Å². The van der Waals surface area contributed by atoms with E-state index in [2.05, 4.69) is 43.1 Å². The molecule has 2 rings (SSSR count). The fourth-order valence-corrected chi connectivity index (χ4v) is 1.53. The Morgan fingerprint density at radius 1 is 0.625 bits per heavy atom. The first-order chi connectivity index (χ1) is 17.0. The molecule has 0 spiro atoms. The van der Waals surface area contributed by atoms with E-state index in [1.165, 1.54) is 11.1 Å². The Labute approximate surface area is 235 Å². The van der Waals surface area contributed by atoms with Gasteiger partial charge in [0.15, 0.2) is 30.4 Å². The molecule has 0 radical (unpaired) electrons. The second-order valence-electron chi connectivity index (χ2n) is 6.70. The third-order valence-electron chi connectivity index (χ3n) is 3.37. The SMILES string of the molecule is CC(C)c1ccc(-c2ccccc2)nc1.O=S(=O)([O-])C(F)(F)F.O=S(=O)([O-])C(F)(F)F.O=S(=O)([O-])C(F)(F)F.[Ir+3]. The standard InChI is InChI=1S/C14H15N.3CHF3O3S.Ir/c1-11(2)13-8-9-14(15-10-13)12-6-4-3-5-7-12;3*2-1(3,4)8(5,6)7;/h3-11H,1-2H3;3*(H,5,6,7);/q;;;;+3/p-3. The van der Waals surface area contributed by atoms with Crippen LogP contribution >= 0.6 is 0 Å². The van der Waals surface area contributed by atoms with E-state index < -0.39 is 46.9 Å². The molecule has 1 heterocycles. The Morgan fingerprint density at radius 3 is 1.12 bits per heavy atom. The molecule has 0 aliphatic heterocycles. The number of aromatic nitrogens is 1. The van der Waals surface area contributed by atoms with Crippen molar-refractivity contribution in [3.8, 4) is 11.3 Å². The van der Waals surface area contributed by atoms with Crippen LogP contribution in [-0.2, 0) is 50.5 Å². The van der Waals surface area contributed by atoms with E-state index in [1.807, 2.05) is 24.4 Å². The van der Waals surface area contributed by atoms with Crippen LogP contribution in [0.3, 0.4) is 0 Å². The van der Waals surface area contributed by atoms with Gasteiger partial charge in [-0.05, 0) is 17.5 Å². The van der Waals surface area contributed by atoms with E-state index in [-0.39, 0.29) is 20.1 Å². The summed E-state index contributed by atoms with van der Waals surface area (Å²) in [5, 5.41) is 0. The van der Waals surface area contributed by atoms with Crippen molar-refractivity contribution in [1.82, 2.24) is 4.98 Å². The van der Waals surface area contributed by atoms with E-state index in [0.717, 1.165) is 5.69 Å². The number of rotatable bonds is 2. The van der Waals surface area contributed by atoms with Gasteiger partial charge in [0.1, 0.15) is 0 Å². The van der Waals surface area contributed by atoms with E-state index in [0.29, 0.717) is 5.92 Å². The quantitative estimate of drug-likeness (QED) is 0.243. The van der Waals surface area contributed by atoms with Gasteiger partial charge in [0.2, 0.25) is 0 Å². The summed E-state index contributed by atoms with van der Waals surface area (Å²) in [6, 6.07) is 14.5. The second-order valence-corrected chi connectivity index (χ2v) is 10.8. The predicted octanol–water partition coefficient (Wildman–Crippen LogP) is 4.02. The van der Waals surface area contributed by atoms with Crippen LogP contribution in [0, 0.1) is 0 Å². The summed E-state index contributed by atoms with van der Waals surface area (Å²) in [6.45, 7) is 4.36. The number of halogens is 9. The molecule has 0 aliphatic rings.